The van der Waals surface area contributed by atoms with Crippen LogP contribution in [0.1, 0.15) is 43.4 Å². The number of nitrogens with one attached hydrogen (secondary N) is 2. The van der Waals surface area contributed by atoms with E-state index in [2.05, 4.69) is 16.7 Å². The molecule has 0 radical (unpaired) electrons. The first-order valence-corrected chi connectivity index (χ1v) is 6.74. The minimum atomic E-state index is -0.136. The summed E-state index contributed by atoms with van der Waals surface area (Å²) >= 11 is 0. The third kappa shape index (κ3) is 3.55. The van der Waals surface area contributed by atoms with Crippen LogP contribution in [0.2, 0.25) is 0 Å². The van der Waals surface area contributed by atoms with Crippen LogP contribution >= 0.6 is 0 Å². The first-order valence-electron chi connectivity index (χ1n) is 6.74. The van der Waals surface area contributed by atoms with E-state index in [1.54, 1.807) is 6.07 Å². The van der Waals surface area contributed by atoms with Crippen LogP contribution in [0.3, 0.4) is 0 Å². The first kappa shape index (κ1) is 13.6. The van der Waals surface area contributed by atoms with Crippen LogP contribution in [0.5, 0.6) is 0 Å². The molecule has 4 heteroatoms. The zero-order valence-corrected chi connectivity index (χ0v) is 11.1. The molecule has 1 aromatic rings. The van der Waals surface area contributed by atoms with Crippen molar-refractivity contribution >= 4 is 5.91 Å². The van der Waals surface area contributed by atoms with Crippen molar-refractivity contribution in [2.45, 2.75) is 38.3 Å². The Kier molecular flexibility index (Phi) is 4.53. The van der Waals surface area contributed by atoms with Gasteiger partial charge in [-0.05, 0) is 43.9 Å². The number of hydrogen-bond donors (Lipinski definition) is 2. The molecule has 1 aromatic carbocycles. The van der Waals surface area contributed by atoms with Gasteiger partial charge in [0, 0.05) is 12.6 Å². The van der Waals surface area contributed by atoms with Gasteiger partial charge in [0.15, 0.2) is 0 Å². The predicted molar refractivity (Wildman–Crippen MR) is 73.4 cm³/mol. The van der Waals surface area contributed by atoms with E-state index in [0.29, 0.717) is 5.56 Å². The van der Waals surface area contributed by atoms with Gasteiger partial charge >= 0.3 is 0 Å². The van der Waals surface area contributed by atoms with Crippen molar-refractivity contribution in [2.75, 3.05) is 6.54 Å². The molecular formula is C15H19N3O. The molecule has 1 fully saturated rings. The van der Waals surface area contributed by atoms with E-state index in [9.17, 15) is 4.79 Å². The van der Waals surface area contributed by atoms with Crippen LogP contribution in [0, 0.1) is 11.3 Å². The average Bonchev–Trinajstić information content (AvgIpc) is 2.64. The molecule has 2 atom stereocenters. The van der Waals surface area contributed by atoms with Gasteiger partial charge in [-0.1, -0.05) is 12.1 Å². The zero-order chi connectivity index (χ0) is 13.7. The summed E-state index contributed by atoms with van der Waals surface area (Å²) in [5.41, 5.74) is 1.69. The standard InChI is InChI=1S/C15H19N3O/c1-11(13-6-4-5-12(9-13)10-16)18-14-7-2-3-8-17-15(14)19/h4-6,9,11,14,18H,2-3,7-8H2,1H3,(H,17,19). The molecule has 0 bridgehead atoms. The largest absolute Gasteiger partial charge is 0.355 e. The van der Waals surface area contributed by atoms with Crippen molar-refractivity contribution in [1.82, 2.24) is 10.6 Å². The summed E-state index contributed by atoms with van der Waals surface area (Å²) < 4.78 is 0. The maximum absolute atomic E-state index is 11.9. The topological polar surface area (TPSA) is 64.9 Å². The van der Waals surface area contributed by atoms with Gasteiger partial charge in [-0.2, -0.15) is 5.26 Å². The summed E-state index contributed by atoms with van der Waals surface area (Å²) in [6.45, 7) is 2.80. The quantitative estimate of drug-likeness (QED) is 0.869. The van der Waals surface area contributed by atoms with Gasteiger partial charge < -0.3 is 5.32 Å². The Morgan fingerprint density at radius 3 is 3.11 bits per heavy atom. The smallest absolute Gasteiger partial charge is 0.237 e. The predicted octanol–water partition coefficient (Wildman–Crippen LogP) is 1.88. The summed E-state index contributed by atoms with van der Waals surface area (Å²) in [6, 6.07) is 9.57. The van der Waals surface area contributed by atoms with E-state index < -0.39 is 0 Å². The first-order chi connectivity index (χ1) is 9.20. The molecule has 4 nitrogen and oxygen atoms in total. The molecule has 1 amide bonds. The summed E-state index contributed by atoms with van der Waals surface area (Å²) in [5, 5.41) is 15.2. The number of carbonyl (C=O) groups excluding carboxylic acids is 1. The van der Waals surface area contributed by atoms with Crippen LogP contribution in [0.25, 0.3) is 0 Å². The lowest BCUT2D eigenvalue weighted by Crippen LogP contribution is -2.43. The lowest BCUT2D eigenvalue weighted by molar-refractivity contribution is -0.123. The van der Waals surface area contributed by atoms with Crippen molar-refractivity contribution < 1.29 is 4.79 Å². The molecule has 1 saturated heterocycles. The van der Waals surface area contributed by atoms with Gasteiger partial charge in [-0.25, -0.2) is 0 Å². The highest BCUT2D eigenvalue weighted by molar-refractivity contribution is 5.81. The summed E-state index contributed by atoms with van der Waals surface area (Å²) in [4.78, 5) is 11.9. The van der Waals surface area contributed by atoms with Gasteiger partial charge in [0.25, 0.3) is 0 Å². The number of hydrogen-bond acceptors (Lipinski definition) is 3. The van der Waals surface area contributed by atoms with Crippen LogP contribution in [0.15, 0.2) is 24.3 Å². The summed E-state index contributed by atoms with van der Waals surface area (Å²) in [6.07, 6.45) is 2.97. The van der Waals surface area contributed by atoms with E-state index in [4.69, 9.17) is 5.26 Å². The molecular weight excluding hydrogens is 238 g/mol. The van der Waals surface area contributed by atoms with Crippen LogP contribution in [0.4, 0.5) is 0 Å². The van der Waals surface area contributed by atoms with Gasteiger partial charge in [-0.3, -0.25) is 10.1 Å². The van der Waals surface area contributed by atoms with E-state index in [0.717, 1.165) is 31.4 Å². The average molecular weight is 257 g/mol. The van der Waals surface area contributed by atoms with E-state index in [1.165, 1.54) is 0 Å². The molecule has 100 valence electrons. The Hall–Kier alpha value is -1.86. The number of amides is 1. The second-order valence-electron chi connectivity index (χ2n) is 4.97. The van der Waals surface area contributed by atoms with Gasteiger partial charge in [0.05, 0.1) is 17.7 Å². The van der Waals surface area contributed by atoms with E-state index >= 15 is 0 Å². The van der Waals surface area contributed by atoms with E-state index in [-0.39, 0.29) is 18.0 Å². The summed E-state index contributed by atoms with van der Waals surface area (Å²) in [7, 11) is 0. The van der Waals surface area contributed by atoms with Crippen LogP contribution in [-0.4, -0.2) is 18.5 Å². The molecule has 0 saturated carbocycles. The number of rotatable bonds is 3. The highest BCUT2D eigenvalue weighted by Gasteiger charge is 2.22. The van der Waals surface area contributed by atoms with Gasteiger partial charge in [-0.15, -0.1) is 0 Å². The molecule has 1 heterocycles. The molecule has 2 N–H and O–H groups in total. The molecule has 0 aliphatic carbocycles. The Bertz CT molecular complexity index is 492. The molecule has 2 rings (SSSR count). The SMILES string of the molecule is CC(NC1CCCCNC1=O)c1cccc(C#N)c1. The minimum absolute atomic E-state index is 0.0575. The van der Waals surface area contributed by atoms with Crippen LogP contribution < -0.4 is 10.6 Å². The monoisotopic (exact) mass is 257 g/mol. The molecule has 1 aliphatic rings. The fourth-order valence-corrected chi connectivity index (χ4v) is 2.37. The number of benzene rings is 1. The molecule has 0 spiro atoms. The Morgan fingerprint density at radius 2 is 2.32 bits per heavy atom. The second kappa shape index (κ2) is 6.35. The normalized spacial score (nSPS) is 21.1. The van der Waals surface area contributed by atoms with E-state index in [1.807, 2.05) is 25.1 Å². The Balaban J connectivity index is 2.05. The summed E-state index contributed by atoms with van der Waals surface area (Å²) in [5.74, 6) is 0.0841. The highest BCUT2D eigenvalue weighted by atomic mass is 16.2. The van der Waals surface area contributed by atoms with Crippen molar-refractivity contribution in [1.29, 1.82) is 5.26 Å². The van der Waals surface area contributed by atoms with Crippen molar-refractivity contribution in [2.24, 2.45) is 0 Å². The fourth-order valence-electron chi connectivity index (χ4n) is 2.37. The third-order valence-corrected chi connectivity index (χ3v) is 3.50. The second-order valence-corrected chi connectivity index (χ2v) is 4.97. The minimum Gasteiger partial charge on any atom is -0.355 e. The van der Waals surface area contributed by atoms with Crippen molar-refractivity contribution in [3.8, 4) is 6.07 Å². The molecule has 1 aliphatic heterocycles. The molecule has 2 unspecified atom stereocenters. The molecule has 19 heavy (non-hydrogen) atoms. The zero-order valence-electron chi connectivity index (χ0n) is 11.1. The number of nitriles is 1. The van der Waals surface area contributed by atoms with Crippen LogP contribution in [-0.2, 0) is 4.79 Å². The Morgan fingerprint density at radius 1 is 1.47 bits per heavy atom. The number of carbonyl (C=O) groups is 1. The molecule has 0 aromatic heterocycles. The van der Waals surface area contributed by atoms with Gasteiger partial charge in [0.2, 0.25) is 5.91 Å². The Labute approximate surface area is 113 Å². The lowest BCUT2D eigenvalue weighted by atomic mass is 10.0. The third-order valence-electron chi connectivity index (χ3n) is 3.50. The number of nitrogens with zero attached hydrogens (tertiary/aromatic N) is 1. The highest BCUT2D eigenvalue weighted by Crippen LogP contribution is 2.16. The van der Waals surface area contributed by atoms with Crippen molar-refractivity contribution in [3.63, 3.8) is 0 Å². The maximum atomic E-state index is 11.9. The van der Waals surface area contributed by atoms with Crippen molar-refractivity contribution in [3.05, 3.63) is 35.4 Å². The van der Waals surface area contributed by atoms with Gasteiger partial charge in [0.1, 0.15) is 0 Å². The maximum Gasteiger partial charge on any atom is 0.237 e. The fraction of sp³-hybridized carbons (Fsp3) is 0.467. The lowest BCUT2D eigenvalue weighted by Gasteiger charge is -2.21.